The Bertz CT molecular complexity index is 1150. The van der Waals surface area contributed by atoms with Crippen molar-refractivity contribution in [2.75, 3.05) is 50.0 Å². The molecule has 1 aromatic carbocycles. The minimum absolute atomic E-state index is 0.154. The third kappa shape index (κ3) is 4.34. The number of likely N-dealkylation sites (N-methyl/N-ethyl adjacent to an activating group) is 1. The fourth-order valence-corrected chi connectivity index (χ4v) is 4.05. The molecule has 5 rings (SSSR count). The van der Waals surface area contributed by atoms with Crippen molar-refractivity contribution in [2.24, 2.45) is 9.98 Å². The number of ether oxygens (including phenoxy) is 1. The van der Waals surface area contributed by atoms with Crippen molar-refractivity contribution in [3.05, 3.63) is 40.7 Å². The van der Waals surface area contributed by atoms with Crippen LogP contribution in [0.2, 0.25) is 0 Å². The van der Waals surface area contributed by atoms with Gasteiger partial charge in [-0.1, -0.05) is 11.6 Å². The van der Waals surface area contributed by atoms with Crippen molar-refractivity contribution in [3.63, 3.8) is 0 Å². The number of benzene rings is 1. The van der Waals surface area contributed by atoms with Crippen LogP contribution in [0.1, 0.15) is 25.0 Å². The monoisotopic (exact) mass is 435 g/mol. The van der Waals surface area contributed by atoms with E-state index in [0.29, 0.717) is 36.1 Å². The Balaban J connectivity index is 1.45. The maximum absolute atomic E-state index is 14.6. The highest BCUT2D eigenvalue weighted by molar-refractivity contribution is 6.07. The lowest BCUT2D eigenvalue weighted by Crippen LogP contribution is -2.44. The first-order valence-electron chi connectivity index (χ1n) is 10.8. The first kappa shape index (κ1) is 20.6. The quantitative estimate of drug-likeness (QED) is 0.794. The number of rotatable bonds is 4. The maximum atomic E-state index is 14.6. The van der Waals surface area contributed by atoms with Crippen LogP contribution in [0.3, 0.4) is 0 Å². The van der Waals surface area contributed by atoms with Gasteiger partial charge in [-0.25, -0.2) is 14.4 Å². The summed E-state index contributed by atoms with van der Waals surface area (Å²) >= 11 is 0. The predicted octanol–water partition coefficient (Wildman–Crippen LogP) is 3.36. The van der Waals surface area contributed by atoms with Crippen LogP contribution in [0, 0.1) is 5.82 Å². The number of aliphatic imine (C=N–C) groups is 2. The van der Waals surface area contributed by atoms with Crippen molar-refractivity contribution in [1.82, 2.24) is 14.9 Å². The van der Waals surface area contributed by atoms with Crippen LogP contribution in [0.15, 0.2) is 33.8 Å². The minimum Gasteiger partial charge on any atom is -0.424 e. The van der Waals surface area contributed by atoms with E-state index in [0.717, 1.165) is 48.8 Å². The largest absolute Gasteiger partial charge is 0.424 e. The molecule has 1 fully saturated rings. The van der Waals surface area contributed by atoms with Gasteiger partial charge in [0.2, 0.25) is 5.96 Å². The van der Waals surface area contributed by atoms with Gasteiger partial charge in [-0.05, 0) is 44.5 Å². The van der Waals surface area contributed by atoms with E-state index < -0.39 is 0 Å². The summed E-state index contributed by atoms with van der Waals surface area (Å²) in [4.78, 5) is 22.3. The Morgan fingerprint density at radius 2 is 1.88 bits per heavy atom. The topological polar surface area (TPSA) is 78.2 Å². The SMILES string of the molecule is CC1=Cc2cc(Oc3nc(NC4=NCC(C)=N4)cc(N4CCN(C)CC4)n3)cc(F)c2C1. The molecule has 166 valence electrons. The van der Waals surface area contributed by atoms with Crippen LogP contribution >= 0.6 is 0 Å². The smallest absolute Gasteiger partial charge is 0.325 e. The van der Waals surface area contributed by atoms with E-state index in [4.69, 9.17) is 4.74 Å². The lowest BCUT2D eigenvalue weighted by atomic mass is 10.1. The molecule has 0 unspecified atom stereocenters. The lowest BCUT2D eigenvalue weighted by molar-refractivity contribution is 0.311. The molecule has 0 saturated carbocycles. The summed E-state index contributed by atoms with van der Waals surface area (Å²) in [6.07, 6.45) is 2.62. The summed E-state index contributed by atoms with van der Waals surface area (Å²) < 4.78 is 20.6. The molecule has 9 heteroatoms. The van der Waals surface area contributed by atoms with Gasteiger partial charge in [0.25, 0.3) is 0 Å². The van der Waals surface area contributed by atoms with E-state index in [9.17, 15) is 4.39 Å². The zero-order valence-electron chi connectivity index (χ0n) is 18.5. The summed E-state index contributed by atoms with van der Waals surface area (Å²) in [5.74, 6) is 1.91. The van der Waals surface area contributed by atoms with Gasteiger partial charge < -0.3 is 19.9 Å². The highest BCUT2D eigenvalue weighted by Crippen LogP contribution is 2.33. The number of piperazine rings is 1. The Morgan fingerprint density at radius 1 is 1.06 bits per heavy atom. The third-order valence-corrected chi connectivity index (χ3v) is 5.78. The first-order chi connectivity index (χ1) is 15.4. The number of nitrogens with one attached hydrogen (secondary N) is 1. The molecule has 0 radical (unpaired) electrons. The Labute approximate surface area is 186 Å². The number of fused-ring (bicyclic) bond motifs is 1. The van der Waals surface area contributed by atoms with Crippen molar-refractivity contribution in [1.29, 1.82) is 0 Å². The molecule has 2 aliphatic heterocycles. The van der Waals surface area contributed by atoms with Gasteiger partial charge in [0.15, 0.2) is 0 Å². The molecule has 0 amide bonds. The number of nitrogens with zero attached hydrogens (tertiary/aromatic N) is 6. The second-order valence-electron chi connectivity index (χ2n) is 8.54. The van der Waals surface area contributed by atoms with Gasteiger partial charge in [-0.2, -0.15) is 9.97 Å². The molecule has 2 aromatic rings. The first-order valence-corrected chi connectivity index (χ1v) is 10.8. The van der Waals surface area contributed by atoms with Crippen molar-refractivity contribution >= 4 is 29.4 Å². The molecule has 0 atom stereocenters. The number of aromatic nitrogens is 2. The summed E-state index contributed by atoms with van der Waals surface area (Å²) in [5, 5.41) is 3.16. The van der Waals surface area contributed by atoms with Crippen LogP contribution in [-0.4, -0.2) is 66.3 Å². The van der Waals surface area contributed by atoms with Crippen LogP contribution in [-0.2, 0) is 6.42 Å². The average Bonchev–Trinajstić information content (AvgIpc) is 3.33. The summed E-state index contributed by atoms with van der Waals surface area (Å²) in [6.45, 7) is 8.09. The average molecular weight is 436 g/mol. The van der Waals surface area contributed by atoms with Crippen molar-refractivity contribution < 1.29 is 9.13 Å². The standard InChI is InChI=1S/C23H26FN7O/c1-14-8-16-10-17(11-19(24)18(16)9-14)32-23-28-20(27-22-25-13-15(2)26-22)12-21(29-23)31-6-4-30(3)5-7-31/h8,10-12H,4-7,9,13H2,1-3H3,(H,25,27,28,29). The molecule has 8 nitrogen and oxygen atoms in total. The number of anilines is 2. The van der Waals surface area contributed by atoms with E-state index in [-0.39, 0.29) is 11.8 Å². The maximum Gasteiger partial charge on any atom is 0.325 e. The molecule has 1 aromatic heterocycles. The molecule has 3 heterocycles. The molecular weight excluding hydrogens is 409 g/mol. The van der Waals surface area contributed by atoms with E-state index in [1.54, 1.807) is 0 Å². The second-order valence-corrected chi connectivity index (χ2v) is 8.54. The van der Waals surface area contributed by atoms with Crippen molar-refractivity contribution in [3.8, 4) is 11.8 Å². The molecular formula is C23H26FN7O. The number of allylic oxidation sites excluding steroid dienone is 1. The van der Waals surface area contributed by atoms with Gasteiger partial charge in [0.05, 0.1) is 6.54 Å². The fourth-order valence-electron chi connectivity index (χ4n) is 4.05. The fraction of sp³-hybridized carbons (Fsp3) is 0.391. The Morgan fingerprint density at radius 3 is 2.62 bits per heavy atom. The van der Waals surface area contributed by atoms with Gasteiger partial charge in [0.1, 0.15) is 23.2 Å². The van der Waals surface area contributed by atoms with Crippen LogP contribution in [0.5, 0.6) is 11.8 Å². The van der Waals surface area contributed by atoms with E-state index >= 15 is 0 Å². The number of hydrogen-bond donors (Lipinski definition) is 1. The minimum atomic E-state index is -0.274. The second kappa shape index (κ2) is 8.31. The third-order valence-electron chi connectivity index (χ3n) is 5.78. The summed E-state index contributed by atoms with van der Waals surface area (Å²) in [5.41, 5.74) is 3.62. The van der Waals surface area contributed by atoms with Crippen LogP contribution < -0.4 is 15.0 Å². The Hall–Kier alpha value is -3.33. The molecule has 1 saturated heterocycles. The van der Waals surface area contributed by atoms with Crippen LogP contribution in [0.25, 0.3) is 6.08 Å². The molecule has 0 bridgehead atoms. The molecule has 3 aliphatic rings. The Kier molecular flexibility index (Phi) is 5.34. The van der Waals surface area contributed by atoms with E-state index in [1.165, 1.54) is 6.07 Å². The van der Waals surface area contributed by atoms with E-state index in [2.05, 4.69) is 42.1 Å². The summed E-state index contributed by atoms with van der Waals surface area (Å²) in [6, 6.07) is 5.27. The normalized spacial score (nSPS) is 18.2. The van der Waals surface area contributed by atoms with Gasteiger partial charge in [-0.15, -0.1) is 0 Å². The van der Waals surface area contributed by atoms with Gasteiger partial charge in [-0.3, -0.25) is 0 Å². The van der Waals surface area contributed by atoms with E-state index in [1.807, 2.05) is 32.1 Å². The van der Waals surface area contributed by atoms with Gasteiger partial charge in [0, 0.05) is 44.0 Å². The summed E-state index contributed by atoms with van der Waals surface area (Å²) in [7, 11) is 2.11. The highest BCUT2D eigenvalue weighted by atomic mass is 19.1. The highest BCUT2D eigenvalue weighted by Gasteiger charge is 2.20. The molecule has 1 aliphatic carbocycles. The lowest BCUT2D eigenvalue weighted by Gasteiger charge is -2.33. The number of hydrogen-bond acceptors (Lipinski definition) is 8. The molecule has 0 spiro atoms. The predicted molar refractivity (Wildman–Crippen MR) is 125 cm³/mol. The number of halogens is 1. The zero-order valence-corrected chi connectivity index (χ0v) is 18.5. The van der Waals surface area contributed by atoms with Crippen molar-refractivity contribution in [2.45, 2.75) is 20.3 Å². The van der Waals surface area contributed by atoms with Gasteiger partial charge >= 0.3 is 6.01 Å². The zero-order chi connectivity index (χ0) is 22.2. The number of guanidine groups is 1. The van der Waals surface area contributed by atoms with Crippen LogP contribution in [0.4, 0.5) is 16.0 Å². The molecule has 32 heavy (non-hydrogen) atoms. The molecule has 1 N–H and O–H groups in total.